The molecule has 0 aliphatic heterocycles. The third kappa shape index (κ3) is 34.1. The second kappa shape index (κ2) is 36.0. The van der Waals surface area contributed by atoms with E-state index in [9.17, 15) is 0 Å². The highest BCUT2D eigenvalue weighted by Crippen LogP contribution is 2.25. The zero-order chi connectivity index (χ0) is 28.3. The molecule has 0 saturated heterocycles. The summed E-state index contributed by atoms with van der Waals surface area (Å²) in [5.41, 5.74) is 0. The van der Waals surface area contributed by atoms with Crippen molar-refractivity contribution in [2.75, 3.05) is 0 Å². The minimum absolute atomic E-state index is 1.02. The molecule has 0 N–H and O–H groups in total. The molecule has 0 aliphatic rings. The lowest BCUT2D eigenvalue weighted by Gasteiger charge is -2.17. The van der Waals surface area contributed by atoms with Gasteiger partial charge in [0, 0.05) is 0 Å². The summed E-state index contributed by atoms with van der Waals surface area (Å²) < 4.78 is 0. The van der Waals surface area contributed by atoms with Gasteiger partial charge >= 0.3 is 0 Å². The Hall–Kier alpha value is 0. The third-order valence-corrected chi connectivity index (χ3v) is 9.29. The molecule has 0 nitrogen and oxygen atoms in total. The van der Waals surface area contributed by atoms with Crippen molar-refractivity contribution in [2.24, 2.45) is 5.92 Å². The standard InChI is InChI=1S/C39H79/c1-4-7-10-13-15-17-18-19-20-21-22-23-24-25-26-28-30-32-35-38-39(36-33-12-9-6-3)37-34-31-29-27-16-14-11-8-5-2/h39H,3-38H2,1-2H3. The minimum Gasteiger partial charge on any atom is -0.0654 e. The number of hydrogen-bond donors (Lipinski definition) is 0. The summed E-state index contributed by atoms with van der Waals surface area (Å²) in [6.45, 7) is 8.66. The van der Waals surface area contributed by atoms with Crippen LogP contribution in [-0.4, -0.2) is 0 Å². The fourth-order valence-electron chi connectivity index (χ4n) is 6.47. The molecule has 1 atom stereocenters. The van der Waals surface area contributed by atoms with E-state index in [1.165, 1.54) is 218 Å². The molecule has 1 unspecified atom stereocenters. The molecular weight excluding hydrogens is 468 g/mol. The molecule has 0 rings (SSSR count). The van der Waals surface area contributed by atoms with Crippen LogP contribution >= 0.6 is 0 Å². The normalized spacial score (nSPS) is 12.4. The minimum atomic E-state index is 1.02. The van der Waals surface area contributed by atoms with Crippen LogP contribution in [0.3, 0.4) is 0 Å². The molecular formula is C39H79. The quantitative estimate of drug-likeness (QED) is 0.0692. The summed E-state index contributed by atoms with van der Waals surface area (Å²) in [5, 5.41) is 0. The molecule has 39 heavy (non-hydrogen) atoms. The number of unbranched alkanes of at least 4 members (excludes halogenated alkanes) is 29. The van der Waals surface area contributed by atoms with E-state index in [0.717, 1.165) is 12.3 Å². The van der Waals surface area contributed by atoms with Gasteiger partial charge in [-0.3, -0.25) is 0 Å². The van der Waals surface area contributed by atoms with Crippen molar-refractivity contribution in [2.45, 2.75) is 239 Å². The van der Waals surface area contributed by atoms with Gasteiger partial charge in [0.2, 0.25) is 0 Å². The predicted octanol–water partition coefficient (Wildman–Crippen LogP) is 15.1. The first kappa shape index (κ1) is 39.0. The summed E-state index contributed by atoms with van der Waals surface area (Å²) in [4.78, 5) is 0. The smallest absolute Gasteiger partial charge is 0.0414 e. The number of rotatable bonds is 35. The monoisotopic (exact) mass is 548 g/mol. The van der Waals surface area contributed by atoms with Crippen molar-refractivity contribution in [3.05, 3.63) is 6.92 Å². The van der Waals surface area contributed by atoms with Crippen LogP contribution in [0.15, 0.2) is 0 Å². The van der Waals surface area contributed by atoms with Crippen molar-refractivity contribution in [3.63, 3.8) is 0 Å². The molecule has 0 aromatic heterocycles. The Morgan fingerprint density at radius 1 is 0.282 bits per heavy atom. The first-order chi connectivity index (χ1) is 19.3. The van der Waals surface area contributed by atoms with Crippen LogP contribution in [0.4, 0.5) is 0 Å². The maximum absolute atomic E-state index is 4.03. The van der Waals surface area contributed by atoms with Crippen LogP contribution < -0.4 is 0 Å². The lowest BCUT2D eigenvalue weighted by molar-refractivity contribution is 0.366. The first-order valence-electron chi connectivity index (χ1n) is 19.1. The van der Waals surface area contributed by atoms with E-state index in [-0.39, 0.29) is 0 Å². The fraction of sp³-hybridized carbons (Fsp3) is 0.974. The summed E-state index contributed by atoms with van der Waals surface area (Å²) in [5.74, 6) is 1.02. The Bertz CT molecular complexity index is 399. The van der Waals surface area contributed by atoms with Crippen LogP contribution in [0.1, 0.15) is 239 Å². The van der Waals surface area contributed by atoms with Crippen LogP contribution in [0.2, 0.25) is 0 Å². The van der Waals surface area contributed by atoms with E-state index < -0.39 is 0 Å². The van der Waals surface area contributed by atoms with Crippen LogP contribution in [-0.2, 0) is 0 Å². The highest BCUT2D eigenvalue weighted by atomic mass is 14.1. The maximum atomic E-state index is 4.03. The van der Waals surface area contributed by atoms with E-state index >= 15 is 0 Å². The summed E-state index contributed by atoms with van der Waals surface area (Å²) >= 11 is 0. The van der Waals surface area contributed by atoms with Crippen LogP contribution in [0.25, 0.3) is 0 Å². The molecule has 0 aromatic rings. The summed E-state index contributed by atoms with van der Waals surface area (Å²) in [6.07, 6.45) is 51.2. The molecule has 1 radical (unpaired) electrons. The van der Waals surface area contributed by atoms with Crippen molar-refractivity contribution < 1.29 is 0 Å². The van der Waals surface area contributed by atoms with E-state index in [4.69, 9.17) is 0 Å². The van der Waals surface area contributed by atoms with Gasteiger partial charge < -0.3 is 0 Å². The summed E-state index contributed by atoms with van der Waals surface area (Å²) in [7, 11) is 0. The SMILES string of the molecule is [CH2]CCCCCC(CCCCCCCCCCC)CCCCCCCCCCCCCCCCCCCCC. The van der Waals surface area contributed by atoms with Crippen LogP contribution in [0, 0.1) is 12.8 Å². The zero-order valence-corrected chi connectivity index (χ0v) is 28.0. The Labute approximate surface area is 251 Å². The second-order valence-corrected chi connectivity index (χ2v) is 13.3. The molecule has 0 fully saturated rings. The van der Waals surface area contributed by atoms with Crippen LogP contribution in [0.5, 0.6) is 0 Å². The summed E-state index contributed by atoms with van der Waals surface area (Å²) in [6, 6.07) is 0. The number of hydrogen-bond acceptors (Lipinski definition) is 0. The molecule has 0 heterocycles. The average molecular weight is 548 g/mol. The molecule has 0 aromatic carbocycles. The lowest BCUT2D eigenvalue weighted by Crippen LogP contribution is -2.01. The van der Waals surface area contributed by atoms with E-state index in [1.54, 1.807) is 0 Å². The highest BCUT2D eigenvalue weighted by Gasteiger charge is 2.08. The van der Waals surface area contributed by atoms with Gasteiger partial charge in [-0.15, -0.1) is 0 Å². The topological polar surface area (TPSA) is 0 Å². The Balaban J connectivity index is 3.54. The lowest BCUT2D eigenvalue weighted by atomic mass is 9.89. The molecule has 0 amide bonds. The Morgan fingerprint density at radius 3 is 0.718 bits per heavy atom. The van der Waals surface area contributed by atoms with E-state index in [0.29, 0.717) is 0 Å². The van der Waals surface area contributed by atoms with Gasteiger partial charge in [0.1, 0.15) is 0 Å². The predicted molar refractivity (Wildman–Crippen MR) is 182 cm³/mol. The van der Waals surface area contributed by atoms with Crippen molar-refractivity contribution in [1.29, 1.82) is 0 Å². The average Bonchev–Trinajstić information content (AvgIpc) is 2.95. The second-order valence-electron chi connectivity index (χ2n) is 13.3. The van der Waals surface area contributed by atoms with Crippen molar-refractivity contribution in [1.82, 2.24) is 0 Å². The fourth-order valence-corrected chi connectivity index (χ4v) is 6.47. The maximum Gasteiger partial charge on any atom is -0.0414 e. The first-order valence-corrected chi connectivity index (χ1v) is 19.1. The molecule has 0 bridgehead atoms. The molecule has 0 spiro atoms. The largest absolute Gasteiger partial charge is 0.0654 e. The van der Waals surface area contributed by atoms with Gasteiger partial charge in [0.25, 0.3) is 0 Å². The third-order valence-electron chi connectivity index (χ3n) is 9.29. The van der Waals surface area contributed by atoms with Gasteiger partial charge in [-0.1, -0.05) is 245 Å². The van der Waals surface area contributed by atoms with Gasteiger partial charge in [0.15, 0.2) is 0 Å². The Morgan fingerprint density at radius 2 is 0.487 bits per heavy atom. The molecule has 0 heteroatoms. The van der Waals surface area contributed by atoms with Gasteiger partial charge in [-0.25, -0.2) is 0 Å². The van der Waals surface area contributed by atoms with Gasteiger partial charge in [-0.2, -0.15) is 0 Å². The van der Waals surface area contributed by atoms with E-state index in [2.05, 4.69) is 20.8 Å². The van der Waals surface area contributed by atoms with Gasteiger partial charge in [-0.05, 0) is 5.92 Å². The molecule has 0 saturated carbocycles. The van der Waals surface area contributed by atoms with Crippen molar-refractivity contribution >= 4 is 0 Å². The van der Waals surface area contributed by atoms with Crippen molar-refractivity contribution in [3.8, 4) is 0 Å². The van der Waals surface area contributed by atoms with E-state index in [1.807, 2.05) is 0 Å². The van der Waals surface area contributed by atoms with Gasteiger partial charge in [0.05, 0.1) is 0 Å². The highest BCUT2D eigenvalue weighted by molar-refractivity contribution is 4.62. The Kier molecular flexibility index (Phi) is 36.0. The molecule has 0 aliphatic carbocycles. The molecule has 235 valence electrons. The zero-order valence-electron chi connectivity index (χ0n) is 28.0.